The van der Waals surface area contributed by atoms with Crippen LogP contribution in [0.2, 0.25) is 0 Å². The molecule has 0 bridgehead atoms. The summed E-state index contributed by atoms with van der Waals surface area (Å²) in [6.45, 7) is 6.82. The molecule has 3 nitrogen and oxygen atoms in total. The van der Waals surface area contributed by atoms with E-state index < -0.39 is 0 Å². The van der Waals surface area contributed by atoms with Crippen LogP contribution in [0.3, 0.4) is 0 Å². The number of hydrogen-bond donors (Lipinski definition) is 1. The first-order valence-corrected chi connectivity index (χ1v) is 6.64. The lowest BCUT2D eigenvalue weighted by Gasteiger charge is -2.35. The molecule has 1 aromatic heterocycles. The van der Waals surface area contributed by atoms with Crippen LogP contribution < -0.4 is 5.32 Å². The van der Waals surface area contributed by atoms with Crippen molar-refractivity contribution >= 4 is 5.82 Å². The van der Waals surface area contributed by atoms with Crippen molar-refractivity contribution in [3.63, 3.8) is 0 Å². The number of hydrogen-bond acceptors (Lipinski definition) is 3. The van der Waals surface area contributed by atoms with Gasteiger partial charge in [0.05, 0.1) is 0 Å². The maximum Gasteiger partial charge on any atom is 0.125 e. The van der Waals surface area contributed by atoms with Gasteiger partial charge in [0, 0.05) is 19.3 Å². The lowest BCUT2D eigenvalue weighted by molar-refractivity contribution is 0.156. The molecular formula is C14H23N3. The van der Waals surface area contributed by atoms with Crippen LogP contribution in [0.5, 0.6) is 0 Å². The summed E-state index contributed by atoms with van der Waals surface area (Å²) in [6, 6.07) is 2.73. The number of piperidine rings is 1. The van der Waals surface area contributed by atoms with Crippen LogP contribution in [0, 0.1) is 6.92 Å². The zero-order valence-corrected chi connectivity index (χ0v) is 11.2. The summed E-state index contributed by atoms with van der Waals surface area (Å²) in [6.07, 6.45) is 6.01. The summed E-state index contributed by atoms with van der Waals surface area (Å²) in [5.74, 6) is 0.963. The summed E-state index contributed by atoms with van der Waals surface area (Å²) in [5, 5.41) is 3.10. The van der Waals surface area contributed by atoms with Crippen molar-refractivity contribution in [1.29, 1.82) is 0 Å². The molecule has 2 rings (SSSR count). The second-order valence-electron chi connectivity index (χ2n) is 4.82. The molecule has 0 radical (unpaired) electrons. The van der Waals surface area contributed by atoms with Crippen molar-refractivity contribution in [2.75, 3.05) is 25.5 Å². The molecule has 1 aliphatic rings. The molecule has 1 N–H and O–H groups in total. The Hall–Kier alpha value is -1.09. The van der Waals surface area contributed by atoms with Gasteiger partial charge < -0.3 is 5.32 Å². The molecule has 0 aromatic carbocycles. The smallest absolute Gasteiger partial charge is 0.125 e. The minimum Gasteiger partial charge on any atom is -0.373 e. The Labute approximate surface area is 104 Å². The number of aromatic nitrogens is 1. The van der Waals surface area contributed by atoms with Crippen molar-refractivity contribution in [2.45, 2.75) is 39.2 Å². The van der Waals surface area contributed by atoms with E-state index in [2.05, 4.69) is 41.3 Å². The molecule has 3 heteroatoms. The fraction of sp³-hybridized carbons (Fsp3) is 0.643. The van der Waals surface area contributed by atoms with E-state index in [9.17, 15) is 0 Å². The minimum atomic E-state index is 0.576. The quantitative estimate of drug-likeness (QED) is 0.870. The lowest BCUT2D eigenvalue weighted by atomic mass is 9.93. The Morgan fingerprint density at radius 3 is 2.94 bits per heavy atom. The van der Waals surface area contributed by atoms with Gasteiger partial charge in [0.1, 0.15) is 5.82 Å². The molecule has 94 valence electrons. The summed E-state index contributed by atoms with van der Waals surface area (Å²) in [4.78, 5) is 7.04. The minimum absolute atomic E-state index is 0.576. The summed E-state index contributed by atoms with van der Waals surface area (Å²) >= 11 is 0. The first-order chi connectivity index (χ1) is 8.26. The third-order valence-corrected chi connectivity index (χ3v) is 3.79. The van der Waals surface area contributed by atoms with Gasteiger partial charge >= 0.3 is 0 Å². The summed E-state index contributed by atoms with van der Waals surface area (Å²) in [5.41, 5.74) is 2.76. The number of anilines is 1. The van der Waals surface area contributed by atoms with E-state index in [0.29, 0.717) is 6.04 Å². The largest absolute Gasteiger partial charge is 0.373 e. The molecule has 1 aromatic rings. The summed E-state index contributed by atoms with van der Waals surface area (Å²) in [7, 11) is 1.92. The van der Waals surface area contributed by atoms with Gasteiger partial charge in [-0.1, -0.05) is 13.3 Å². The van der Waals surface area contributed by atoms with Crippen LogP contribution in [0.15, 0.2) is 12.3 Å². The van der Waals surface area contributed by atoms with Crippen LogP contribution in [0.25, 0.3) is 0 Å². The standard InChI is InChI=1S/C14H23N3/c1-4-17-8-6-5-7-13(17)12-10-16-14(15-3)9-11(12)2/h9-10,13H,4-8H2,1-3H3,(H,15,16)/t13-/m0/s1. The van der Waals surface area contributed by atoms with E-state index in [1.54, 1.807) is 0 Å². The molecule has 0 aliphatic carbocycles. The monoisotopic (exact) mass is 233 g/mol. The van der Waals surface area contributed by atoms with Crippen molar-refractivity contribution in [3.05, 3.63) is 23.4 Å². The first-order valence-electron chi connectivity index (χ1n) is 6.64. The highest BCUT2D eigenvalue weighted by atomic mass is 15.2. The molecule has 1 fully saturated rings. The van der Waals surface area contributed by atoms with Gasteiger partial charge in [-0.05, 0) is 50.0 Å². The Morgan fingerprint density at radius 1 is 1.47 bits per heavy atom. The first kappa shape index (κ1) is 12.4. The zero-order valence-electron chi connectivity index (χ0n) is 11.2. The topological polar surface area (TPSA) is 28.2 Å². The highest BCUT2D eigenvalue weighted by molar-refractivity contribution is 5.41. The van der Waals surface area contributed by atoms with Gasteiger partial charge in [-0.2, -0.15) is 0 Å². The van der Waals surface area contributed by atoms with Crippen LogP contribution in [0.4, 0.5) is 5.82 Å². The molecule has 0 spiro atoms. The molecule has 0 unspecified atom stereocenters. The molecular weight excluding hydrogens is 210 g/mol. The number of aryl methyl sites for hydroxylation is 1. The number of pyridine rings is 1. The van der Waals surface area contributed by atoms with Crippen LogP contribution >= 0.6 is 0 Å². The summed E-state index contributed by atoms with van der Waals surface area (Å²) < 4.78 is 0. The van der Waals surface area contributed by atoms with E-state index in [1.165, 1.54) is 36.9 Å². The normalized spacial score (nSPS) is 21.5. The van der Waals surface area contributed by atoms with Crippen molar-refractivity contribution < 1.29 is 0 Å². The van der Waals surface area contributed by atoms with E-state index in [1.807, 2.05) is 7.05 Å². The van der Waals surface area contributed by atoms with Gasteiger partial charge in [-0.25, -0.2) is 4.98 Å². The van der Waals surface area contributed by atoms with Gasteiger partial charge in [0.25, 0.3) is 0 Å². The predicted molar refractivity (Wildman–Crippen MR) is 72.4 cm³/mol. The van der Waals surface area contributed by atoms with E-state index in [-0.39, 0.29) is 0 Å². The molecule has 17 heavy (non-hydrogen) atoms. The molecule has 1 atom stereocenters. The Kier molecular flexibility index (Phi) is 4.00. The van der Waals surface area contributed by atoms with Crippen LogP contribution in [-0.2, 0) is 0 Å². The Balaban J connectivity index is 2.25. The van der Waals surface area contributed by atoms with Gasteiger partial charge in [0.2, 0.25) is 0 Å². The molecule has 2 heterocycles. The predicted octanol–water partition coefficient (Wildman–Crippen LogP) is 2.98. The number of nitrogens with zero attached hydrogens (tertiary/aromatic N) is 2. The zero-order chi connectivity index (χ0) is 12.3. The van der Waals surface area contributed by atoms with Gasteiger partial charge in [0.15, 0.2) is 0 Å². The number of rotatable bonds is 3. The lowest BCUT2D eigenvalue weighted by Crippen LogP contribution is -2.33. The van der Waals surface area contributed by atoms with Crippen LogP contribution in [-0.4, -0.2) is 30.0 Å². The number of nitrogens with one attached hydrogen (secondary N) is 1. The molecule has 0 amide bonds. The molecule has 1 aliphatic heterocycles. The maximum atomic E-state index is 4.46. The third kappa shape index (κ3) is 2.60. The SMILES string of the molecule is CCN1CCCC[C@H]1c1cnc(NC)cc1C. The Morgan fingerprint density at radius 2 is 2.29 bits per heavy atom. The third-order valence-electron chi connectivity index (χ3n) is 3.79. The van der Waals surface area contributed by atoms with Gasteiger partial charge in [-0.15, -0.1) is 0 Å². The van der Waals surface area contributed by atoms with Gasteiger partial charge in [-0.3, -0.25) is 4.90 Å². The number of likely N-dealkylation sites (tertiary alicyclic amines) is 1. The average molecular weight is 233 g/mol. The highest BCUT2D eigenvalue weighted by Gasteiger charge is 2.24. The molecule has 1 saturated heterocycles. The maximum absolute atomic E-state index is 4.46. The highest BCUT2D eigenvalue weighted by Crippen LogP contribution is 2.32. The van der Waals surface area contributed by atoms with E-state index >= 15 is 0 Å². The van der Waals surface area contributed by atoms with Crippen LogP contribution in [0.1, 0.15) is 43.4 Å². The van der Waals surface area contributed by atoms with Crippen molar-refractivity contribution in [1.82, 2.24) is 9.88 Å². The van der Waals surface area contributed by atoms with E-state index in [0.717, 1.165) is 12.4 Å². The second-order valence-corrected chi connectivity index (χ2v) is 4.82. The Bertz CT molecular complexity index is 376. The fourth-order valence-electron chi connectivity index (χ4n) is 2.77. The van der Waals surface area contributed by atoms with Crippen molar-refractivity contribution in [2.24, 2.45) is 0 Å². The molecule has 0 saturated carbocycles. The fourth-order valence-corrected chi connectivity index (χ4v) is 2.77. The average Bonchev–Trinajstić information content (AvgIpc) is 2.38. The van der Waals surface area contributed by atoms with E-state index in [4.69, 9.17) is 0 Å². The second kappa shape index (κ2) is 5.50. The van der Waals surface area contributed by atoms with Crippen molar-refractivity contribution in [3.8, 4) is 0 Å².